The van der Waals surface area contributed by atoms with E-state index >= 15 is 0 Å². The van der Waals surface area contributed by atoms with Crippen molar-refractivity contribution in [1.82, 2.24) is 0 Å². The van der Waals surface area contributed by atoms with Crippen molar-refractivity contribution in [3.63, 3.8) is 0 Å². The Balaban J connectivity index is 1.81. The van der Waals surface area contributed by atoms with Gasteiger partial charge in [0.05, 0.1) is 17.0 Å². The molecule has 1 amide bonds. The molecule has 1 aromatic heterocycles. The van der Waals surface area contributed by atoms with Crippen LogP contribution in [0.1, 0.15) is 27.7 Å². The summed E-state index contributed by atoms with van der Waals surface area (Å²) < 4.78 is 20.1. The number of fused-ring (bicyclic) bond motifs is 2. The van der Waals surface area contributed by atoms with Gasteiger partial charge in [-0.1, -0.05) is 28.1 Å². The van der Waals surface area contributed by atoms with Crippen LogP contribution in [0.25, 0.3) is 11.0 Å². The van der Waals surface area contributed by atoms with Crippen LogP contribution < -0.4 is 10.3 Å². The van der Waals surface area contributed by atoms with Crippen LogP contribution in [0.3, 0.4) is 0 Å². The van der Waals surface area contributed by atoms with Gasteiger partial charge in [0.25, 0.3) is 5.91 Å². The first kappa shape index (κ1) is 18.6. The van der Waals surface area contributed by atoms with Gasteiger partial charge in [-0.25, -0.2) is 4.39 Å². The number of hydrogen-bond acceptors (Lipinski definition) is 4. The van der Waals surface area contributed by atoms with Crippen molar-refractivity contribution in [2.24, 2.45) is 0 Å². The zero-order valence-corrected chi connectivity index (χ0v) is 16.9. The second kappa shape index (κ2) is 6.81. The number of anilines is 1. The molecular weight excluding hydrogens is 453 g/mol. The molecule has 1 atom stereocenters. The molecule has 1 aliphatic heterocycles. The molecule has 0 saturated carbocycles. The molecule has 1 unspecified atom stereocenters. The highest BCUT2D eigenvalue weighted by atomic mass is 79.9. The molecule has 1 N–H and O–H groups in total. The van der Waals surface area contributed by atoms with Crippen molar-refractivity contribution in [1.29, 1.82) is 0 Å². The van der Waals surface area contributed by atoms with Crippen LogP contribution in [0.5, 0.6) is 5.75 Å². The number of halogens is 2. The first-order valence-electron chi connectivity index (χ1n) is 9.08. The average molecular weight is 466 g/mol. The highest BCUT2D eigenvalue weighted by Gasteiger charge is 2.43. The number of aromatic hydroxyl groups is 1. The van der Waals surface area contributed by atoms with Gasteiger partial charge in [-0.15, -0.1) is 0 Å². The van der Waals surface area contributed by atoms with E-state index in [2.05, 4.69) is 15.9 Å². The SMILES string of the molecule is O=C1c2oc3ccc(Br)cc3c(=O)c2C(c2ccc(O)cc2)N1c1ccc(F)cc1. The molecule has 0 aliphatic carbocycles. The Morgan fingerprint density at radius 3 is 2.37 bits per heavy atom. The van der Waals surface area contributed by atoms with E-state index in [1.54, 1.807) is 30.3 Å². The molecule has 0 saturated heterocycles. The Morgan fingerprint density at radius 1 is 0.967 bits per heavy atom. The second-order valence-corrected chi connectivity index (χ2v) is 7.88. The third-order valence-corrected chi connectivity index (χ3v) is 5.64. The predicted octanol–water partition coefficient (Wildman–Crippen LogP) is 5.15. The fourth-order valence-corrected chi connectivity index (χ4v) is 4.15. The van der Waals surface area contributed by atoms with E-state index < -0.39 is 17.8 Å². The van der Waals surface area contributed by atoms with Crippen molar-refractivity contribution in [3.8, 4) is 5.75 Å². The Hall–Kier alpha value is -3.45. The van der Waals surface area contributed by atoms with Gasteiger partial charge in [0.1, 0.15) is 17.1 Å². The van der Waals surface area contributed by atoms with Crippen LogP contribution in [0.15, 0.2) is 80.4 Å². The highest BCUT2D eigenvalue weighted by Crippen LogP contribution is 2.41. The molecule has 0 fully saturated rings. The number of carbonyl (C=O) groups is 1. The van der Waals surface area contributed by atoms with Crippen LogP contribution in [-0.4, -0.2) is 11.0 Å². The maximum absolute atomic E-state index is 13.5. The molecule has 1 aliphatic rings. The van der Waals surface area contributed by atoms with Crippen LogP contribution in [0, 0.1) is 5.82 Å². The van der Waals surface area contributed by atoms with E-state index in [1.807, 2.05) is 0 Å². The summed E-state index contributed by atoms with van der Waals surface area (Å²) in [5.41, 5.74) is 1.24. The normalized spacial score (nSPS) is 15.6. The summed E-state index contributed by atoms with van der Waals surface area (Å²) in [6.45, 7) is 0. The van der Waals surface area contributed by atoms with E-state index in [-0.39, 0.29) is 22.5 Å². The minimum Gasteiger partial charge on any atom is -0.508 e. The molecule has 2 heterocycles. The molecule has 4 aromatic rings. The Bertz CT molecular complexity index is 1360. The van der Waals surface area contributed by atoms with E-state index in [4.69, 9.17) is 4.42 Å². The van der Waals surface area contributed by atoms with Gasteiger partial charge in [0.2, 0.25) is 5.76 Å². The van der Waals surface area contributed by atoms with Crippen LogP contribution >= 0.6 is 15.9 Å². The lowest BCUT2D eigenvalue weighted by Crippen LogP contribution is -2.29. The van der Waals surface area contributed by atoms with Crippen molar-refractivity contribution in [3.05, 3.63) is 104 Å². The van der Waals surface area contributed by atoms with Gasteiger partial charge in [-0.05, 0) is 60.2 Å². The summed E-state index contributed by atoms with van der Waals surface area (Å²) in [4.78, 5) is 28.2. The average Bonchev–Trinajstić information content (AvgIpc) is 3.03. The topological polar surface area (TPSA) is 70.8 Å². The van der Waals surface area contributed by atoms with E-state index in [0.29, 0.717) is 26.7 Å². The number of rotatable bonds is 2. The van der Waals surface area contributed by atoms with Gasteiger partial charge in [0.15, 0.2) is 5.43 Å². The van der Waals surface area contributed by atoms with Crippen molar-refractivity contribution in [2.75, 3.05) is 4.90 Å². The quantitative estimate of drug-likeness (QED) is 0.444. The van der Waals surface area contributed by atoms with Crippen molar-refractivity contribution < 1.29 is 18.7 Å². The molecular formula is C23H13BrFNO4. The third-order valence-electron chi connectivity index (χ3n) is 5.15. The van der Waals surface area contributed by atoms with Gasteiger partial charge in [-0.2, -0.15) is 0 Å². The van der Waals surface area contributed by atoms with E-state index in [9.17, 15) is 19.1 Å². The lowest BCUT2D eigenvalue weighted by molar-refractivity contribution is 0.0971. The number of carbonyl (C=O) groups excluding carboxylic acids is 1. The number of amides is 1. The van der Waals surface area contributed by atoms with Crippen LogP contribution in [0.2, 0.25) is 0 Å². The molecule has 0 bridgehead atoms. The molecule has 0 spiro atoms. The van der Waals surface area contributed by atoms with E-state index in [1.165, 1.54) is 41.3 Å². The third kappa shape index (κ3) is 2.81. The Labute approximate surface area is 178 Å². The molecule has 148 valence electrons. The van der Waals surface area contributed by atoms with Gasteiger partial charge in [-0.3, -0.25) is 14.5 Å². The second-order valence-electron chi connectivity index (χ2n) is 6.96. The highest BCUT2D eigenvalue weighted by molar-refractivity contribution is 9.10. The Kier molecular flexibility index (Phi) is 4.22. The standard InChI is InChI=1S/C23H13BrFNO4/c24-13-3-10-18-17(11-13)21(28)19-20(12-1-8-16(27)9-2-12)26(23(29)22(19)30-18)15-6-4-14(25)5-7-15/h1-11,20,27H. The molecule has 5 rings (SSSR count). The molecule has 7 heteroatoms. The minimum absolute atomic E-state index is 0.0442. The lowest BCUT2D eigenvalue weighted by Gasteiger charge is -2.25. The van der Waals surface area contributed by atoms with Crippen LogP contribution in [-0.2, 0) is 0 Å². The number of phenolic OH excluding ortho intramolecular Hbond substituents is 1. The molecule has 5 nitrogen and oxygen atoms in total. The first-order valence-corrected chi connectivity index (χ1v) is 9.87. The first-order chi connectivity index (χ1) is 14.4. The van der Waals surface area contributed by atoms with Gasteiger partial charge >= 0.3 is 0 Å². The molecule has 3 aromatic carbocycles. The number of hydrogen-bond donors (Lipinski definition) is 1. The van der Waals surface area contributed by atoms with Crippen molar-refractivity contribution >= 4 is 38.5 Å². The smallest absolute Gasteiger partial charge is 0.295 e. The van der Waals surface area contributed by atoms with Gasteiger partial charge < -0.3 is 9.52 Å². The predicted molar refractivity (Wildman–Crippen MR) is 113 cm³/mol. The monoisotopic (exact) mass is 465 g/mol. The fraction of sp³-hybridized carbons (Fsp3) is 0.0435. The fourth-order valence-electron chi connectivity index (χ4n) is 3.79. The molecule has 30 heavy (non-hydrogen) atoms. The summed E-state index contributed by atoms with van der Waals surface area (Å²) >= 11 is 3.36. The number of phenols is 1. The van der Waals surface area contributed by atoms with Gasteiger partial charge in [0, 0.05) is 10.2 Å². The number of benzene rings is 3. The van der Waals surface area contributed by atoms with E-state index in [0.717, 1.165) is 0 Å². The largest absolute Gasteiger partial charge is 0.508 e. The minimum atomic E-state index is -0.779. The summed E-state index contributed by atoms with van der Waals surface area (Å²) in [6.07, 6.45) is 0. The zero-order valence-electron chi connectivity index (χ0n) is 15.3. The number of nitrogens with zero attached hydrogens (tertiary/aromatic N) is 1. The molecule has 0 radical (unpaired) electrons. The summed E-state index contributed by atoms with van der Waals surface area (Å²) in [7, 11) is 0. The maximum Gasteiger partial charge on any atom is 0.295 e. The maximum atomic E-state index is 13.5. The van der Waals surface area contributed by atoms with Crippen LogP contribution in [0.4, 0.5) is 10.1 Å². The summed E-state index contributed by atoms with van der Waals surface area (Å²) in [5, 5.41) is 10.0. The Morgan fingerprint density at radius 2 is 1.67 bits per heavy atom. The lowest BCUT2D eigenvalue weighted by atomic mass is 9.98. The summed E-state index contributed by atoms with van der Waals surface area (Å²) in [5.74, 6) is -0.909. The summed E-state index contributed by atoms with van der Waals surface area (Å²) in [6, 6.07) is 16.0. The zero-order chi connectivity index (χ0) is 21.0. The van der Waals surface area contributed by atoms with Crippen molar-refractivity contribution in [2.45, 2.75) is 6.04 Å².